The highest BCUT2D eigenvalue weighted by Crippen LogP contribution is 2.25. The van der Waals surface area contributed by atoms with Gasteiger partial charge in [0, 0.05) is 13.1 Å². The number of aliphatic carboxylic acids is 1. The second-order valence-corrected chi connectivity index (χ2v) is 5.14. The molecule has 0 atom stereocenters. The van der Waals surface area contributed by atoms with Crippen LogP contribution in [0.15, 0.2) is 0 Å². The summed E-state index contributed by atoms with van der Waals surface area (Å²) in [6, 6.07) is 0. The Labute approximate surface area is 102 Å². The van der Waals surface area contributed by atoms with Crippen LogP contribution in [0.2, 0.25) is 0 Å². The predicted octanol–water partition coefficient (Wildman–Crippen LogP) is 0.818. The Hall–Kier alpha value is -1.50. The lowest BCUT2D eigenvalue weighted by molar-refractivity contribution is -0.146. The number of carboxylic acids is 1. The molecule has 17 heavy (non-hydrogen) atoms. The first-order valence-corrected chi connectivity index (χ1v) is 6.12. The van der Waals surface area contributed by atoms with Crippen LogP contribution in [-0.4, -0.2) is 44.6 Å². The van der Waals surface area contributed by atoms with Crippen LogP contribution in [0.1, 0.15) is 35.1 Å². The molecule has 1 amide bonds. The molecule has 0 spiro atoms. The first kappa shape index (κ1) is 12.0. The van der Waals surface area contributed by atoms with Crippen molar-refractivity contribution in [1.82, 2.24) is 14.5 Å². The lowest BCUT2D eigenvalue weighted by Crippen LogP contribution is -2.53. The van der Waals surface area contributed by atoms with Crippen molar-refractivity contribution >= 4 is 23.4 Å². The number of aromatic nitrogens is 2. The molecule has 0 radical (unpaired) electrons. The van der Waals surface area contributed by atoms with Crippen molar-refractivity contribution < 1.29 is 14.7 Å². The molecule has 1 saturated heterocycles. The molecule has 6 nitrogen and oxygen atoms in total. The maximum Gasteiger partial charge on any atom is 0.310 e. The molecule has 0 aromatic carbocycles. The van der Waals surface area contributed by atoms with Gasteiger partial charge in [0.25, 0.3) is 5.91 Å². The van der Waals surface area contributed by atoms with E-state index in [4.69, 9.17) is 5.11 Å². The Balaban J connectivity index is 2.07. The van der Waals surface area contributed by atoms with Crippen LogP contribution in [0.3, 0.4) is 0 Å². The van der Waals surface area contributed by atoms with E-state index in [9.17, 15) is 9.59 Å². The molecule has 2 rings (SSSR count). The summed E-state index contributed by atoms with van der Waals surface area (Å²) in [5, 5.41) is 12.7. The minimum atomic E-state index is -0.847. The Kier molecular flexibility index (Phi) is 3.10. The van der Waals surface area contributed by atoms with Gasteiger partial charge in [0.05, 0.1) is 11.6 Å². The fourth-order valence-corrected chi connectivity index (χ4v) is 2.46. The second-order valence-electron chi connectivity index (χ2n) is 4.39. The van der Waals surface area contributed by atoms with Gasteiger partial charge in [-0.3, -0.25) is 9.59 Å². The van der Waals surface area contributed by atoms with Crippen molar-refractivity contribution in [3.8, 4) is 0 Å². The van der Waals surface area contributed by atoms with Crippen molar-refractivity contribution in [2.45, 2.75) is 19.8 Å². The summed E-state index contributed by atoms with van der Waals surface area (Å²) in [5.74, 6) is -1.28. The zero-order valence-electron chi connectivity index (χ0n) is 9.58. The van der Waals surface area contributed by atoms with Crippen molar-refractivity contribution in [2.75, 3.05) is 13.1 Å². The van der Waals surface area contributed by atoms with Gasteiger partial charge in [-0.1, -0.05) is 18.3 Å². The lowest BCUT2D eigenvalue weighted by atomic mass is 9.99. The van der Waals surface area contributed by atoms with Crippen LogP contribution in [0.5, 0.6) is 0 Å². The van der Waals surface area contributed by atoms with Gasteiger partial charge < -0.3 is 10.0 Å². The molecular weight excluding hydrogens is 242 g/mol. The van der Waals surface area contributed by atoms with E-state index in [2.05, 4.69) is 9.59 Å². The van der Waals surface area contributed by atoms with E-state index in [1.165, 1.54) is 4.90 Å². The average Bonchev–Trinajstić information content (AvgIpc) is 2.62. The number of carbonyl (C=O) groups is 2. The quantitative estimate of drug-likeness (QED) is 0.864. The van der Waals surface area contributed by atoms with Crippen LogP contribution in [-0.2, 0) is 4.79 Å². The molecule has 1 aromatic heterocycles. The Morgan fingerprint density at radius 1 is 1.47 bits per heavy atom. The van der Waals surface area contributed by atoms with Crippen molar-refractivity contribution in [1.29, 1.82) is 0 Å². The Morgan fingerprint density at radius 2 is 2.12 bits per heavy atom. The van der Waals surface area contributed by atoms with Gasteiger partial charge in [0.1, 0.15) is 4.88 Å². The van der Waals surface area contributed by atoms with E-state index in [0.717, 1.165) is 11.5 Å². The monoisotopic (exact) mass is 255 g/mol. The number of carboxylic acid groups (broad SMARTS) is 1. The maximum absolute atomic E-state index is 12.0. The predicted molar refractivity (Wildman–Crippen MR) is 61.0 cm³/mol. The molecule has 0 bridgehead atoms. The van der Waals surface area contributed by atoms with Gasteiger partial charge in [0.15, 0.2) is 0 Å². The largest absolute Gasteiger partial charge is 0.481 e. The number of amides is 1. The summed E-state index contributed by atoms with van der Waals surface area (Å²) in [6.07, 6.45) is 0. The van der Waals surface area contributed by atoms with Crippen LogP contribution in [0.25, 0.3) is 0 Å². The molecule has 7 heteroatoms. The van der Waals surface area contributed by atoms with E-state index in [1.54, 1.807) is 0 Å². The van der Waals surface area contributed by atoms with Crippen LogP contribution < -0.4 is 0 Å². The highest BCUT2D eigenvalue weighted by atomic mass is 32.1. The van der Waals surface area contributed by atoms with E-state index >= 15 is 0 Å². The zero-order chi connectivity index (χ0) is 12.6. The van der Waals surface area contributed by atoms with E-state index < -0.39 is 11.9 Å². The number of rotatable bonds is 3. The molecule has 1 fully saturated rings. The fraction of sp³-hybridized carbons (Fsp3) is 0.600. The Morgan fingerprint density at radius 3 is 2.65 bits per heavy atom. The van der Waals surface area contributed by atoms with Gasteiger partial charge in [-0.15, -0.1) is 5.10 Å². The summed E-state index contributed by atoms with van der Waals surface area (Å²) in [4.78, 5) is 24.8. The first-order valence-electron chi connectivity index (χ1n) is 5.35. The van der Waals surface area contributed by atoms with Crippen molar-refractivity contribution in [3.05, 3.63) is 10.6 Å². The third-order valence-electron chi connectivity index (χ3n) is 2.77. The molecule has 0 saturated carbocycles. The highest BCUT2D eigenvalue weighted by Gasteiger charge is 2.37. The molecule has 1 aliphatic heterocycles. The smallest absolute Gasteiger partial charge is 0.310 e. The van der Waals surface area contributed by atoms with E-state index in [1.807, 2.05) is 13.8 Å². The number of likely N-dealkylation sites (tertiary alicyclic amines) is 1. The zero-order valence-corrected chi connectivity index (χ0v) is 10.4. The summed E-state index contributed by atoms with van der Waals surface area (Å²) in [6.45, 7) is 4.46. The lowest BCUT2D eigenvalue weighted by Gasteiger charge is -2.36. The molecule has 92 valence electrons. The standard InChI is InChI=1S/C10H13N3O3S/c1-5(2)7-8(17-12-11-7)9(14)13-3-6(4-13)10(15)16/h5-6H,3-4H2,1-2H3,(H,15,16). The molecule has 2 heterocycles. The first-order chi connectivity index (χ1) is 8.00. The third kappa shape index (κ3) is 2.14. The van der Waals surface area contributed by atoms with Crippen molar-refractivity contribution in [2.24, 2.45) is 5.92 Å². The molecule has 0 unspecified atom stereocenters. The van der Waals surface area contributed by atoms with Gasteiger partial charge in [-0.25, -0.2) is 0 Å². The van der Waals surface area contributed by atoms with Crippen LogP contribution in [0.4, 0.5) is 0 Å². The normalized spacial score (nSPS) is 16.1. The topological polar surface area (TPSA) is 83.4 Å². The Bertz CT molecular complexity index is 451. The summed E-state index contributed by atoms with van der Waals surface area (Å²) >= 11 is 1.07. The van der Waals surface area contributed by atoms with Gasteiger partial charge >= 0.3 is 5.97 Å². The SMILES string of the molecule is CC(C)c1nnsc1C(=O)N1CC(C(=O)O)C1. The fourth-order valence-electron chi connectivity index (χ4n) is 1.67. The van der Waals surface area contributed by atoms with Crippen LogP contribution in [0, 0.1) is 5.92 Å². The summed E-state index contributed by atoms with van der Waals surface area (Å²) < 4.78 is 3.79. The van der Waals surface area contributed by atoms with Gasteiger partial charge in [-0.2, -0.15) is 0 Å². The molecule has 1 aliphatic rings. The van der Waals surface area contributed by atoms with E-state index in [-0.39, 0.29) is 24.9 Å². The minimum absolute atomic E-state index is 0.143. The minimum Gasteiger partial charge on any atom is -0.481 e. The summed E-state index contributed by atoms with van der Waals surface area (Å²) in [7, 11) is 0. The average molecular weight is 255 g/mol. The summed E-state index contributed by atoms with van der Waals surface area (Å²) in [5.41, 5.74) is 0.693. The number of hydrogen-bond acceptors (Lipinski definition) is 5. The molecule has 1 N–H and O–H groups in total. The van der Waals surface area contributed by atoms with E-state index in [0.29, 0.717) is 10.6 Å². The molecule has 0 aliphatic carbocycles. The third-order valence-corrected chi connectivity index (χ3v) is 3.50. The van der Waals surface area contributed by atoms with Gasteiger partial charge in [0.2, 0.25) is 0 Å². The molecule has 1 aromatic rings. The highest BCUT2D eigenvalue weighted by molar-refractivity contribution is 7.08. The second kappa shape index (κ2) is 4.40. The van der Waals surface area contributed by atoms with Crippen molar-refractivity contribution in [3.63, 3.8) is 0 Å². The number of hydrogen-bond donors (Lipinski definition) is 1. The maximum atomic E-state index is 12.0. The molecular formula is C10H13N3O3S. The van der Waals surface area contributed by atoms with Gasteiger partial charge in [-0.05, 0) is 17.5 Å². The number of nitrogens with zero attached hydrogens (tertiary/aromatic N) is 3. The number of carbonyl (C=O) groups excluding carboxylic acids is 1. The van der Waals surface area contributed by atoms with Crippen LogP contribution >= 0.6 is 11.5 Å².